The van der Waals surface area contributed by atoms with E-state index >= 15 is 0 Å². The van der Waals surface area contributed by atoms with Crippen LogP contribution in [0.2, 0.25) is 0 Å². The van der Waals surface area contributed by atoms with Gasteiger partial charge in [-0.25, -0.2) is 4.98 Å². The van der Waals surface area contributed by atoms with Gasteiger partial charge in [-0.1, -0.05) is 6.92 Å². The van der Waals surface area contributed by atoms with Crippen molar-refractivity contribution in [3.8, 4) is 0 Å². The average Bonchev–Trinajstić information content (AvgIpc) is 2.55. The maximum absolute atomic E-state index is 11.0. The van der Waals surface area contributed by atoms with Crippen LogP contribution in [-0.4, -0.2) is 27.8 Å². The molecule has 0 aliphatic heterocycles. The largest absolute Gasteiger partial charge is 0.469 e. The van der Waals surface area contributed by atoms with Gasteiger partial charge in [-0.3, -0.25) is 9.48 Å². The number of nitrogens with zero attached hydrogens (tertiary/aromatic N) is 3. The van der Waals surface area contributed by atoms with Crippen LogP contribution in [-0.2, 0) is 16.1 Å². The molecule has 0 saturated heterocycles. The summed E-state index contributed by atoms with van der Waals surface area (Å²) in [7, 11) is 1.38. The van der Waals surface area contributed by atoms with Crippen molar-refractivity contribution in [3.63, 3.8) is 0 Å². The summed E-state index contributed by atoms with van der Waals surface area (Å²) in [6.45, 7) is 2.29. The molecule has 0 radical (unpaired) electrons. The van der Waals surface area contributed by atoms with E-state index in [0.717, 1.165) is 0 Å². The number of hydrogen-bond donors (Lipinski definition) is 0. The van der Waals surface area contributed by atoms with Crippen LogP contribution in [0.5, 0.6) is 0 Å². The Morgan fingerprint density at radius 1 is 1.75 bits per heavy atom. The molecule has 0 fully saturated rings. The molecule has 0 spiro atoms. The van der Waals surface area contributed by atoms with E-state index in [1.54, 1.807) is 17.9 Å². The second-order valence-electron chi connectivity index (χ2n) is 2.54. The molecule has 0 aliphatic carbocycles. The summed E-state index contributed by atoms with van der Waals surface area (Å²) < 4.78 is 6.16. The van der Waals surface area contributed by atoms with Gasteiger partial charge in [0.2, 0.25) is 0 Å². The molecule has 0 unspecified atom stereocenters. The van der Waals surface area contributed by atoms with Crippen molar-refractivity contribution in [2.24, 2.45) is 5.92 Å². The predicted octanol–water partition coefficient (Wildman–Crippen LogP) is 0.0872. The van der Waals surface area contributed by atoms with Crippen molar-refractivity contribution in [1.82, 2.24) is 14.8 Å². The lowest BCUT2D eigenvalue weighted by atomic mass is 10.2. The highest BCUT2D eigenvalue weighted by molar-refractivity contribution is 5.71. The molecular formula is C7H11N3O2. The molecule has 0 N–H and O–H groups in total. The number of carbonyl (C=O) groups is 1. The summed E-state index contributed by atoms with van der Waals surface area (Å²) >= 11 is 0. The first kappa shape index (κ1) is 8.70. The Morgan fingerprint density at radius 3 is 3.00 bits per heavy atom. The van der Waals surface area contributed by atoms with Crippen LogP contribution in [0.4, 0.5) is 0 Å². The first-order valence-corrected chi connectivity index (χ1v) is 3.64. The fraction of sp³-hybridized carbons (Fsp3) is 0.571. The van der Waals surface area contributed by atoms with Gasteiger partial charge in [-0.2, -0.15) is 5.10 Å². The van der Waals surface area contributed by atoms with E-state index in [9.17, 15) is 4.79 Å². The van der Waals surface area contributed by atoms with Gasteiger partial charge in [-0.15, -0.1) is 0 Å². The first-order chi connectivity index (χ1) is 5.74. The van der Waals surface area contributed by atoms with E-state index < -0.39 is 0 Å². The maximum Gasteiger partial charge on any atom is 0.310 e. The SMILES string of the molecule is COC(=O)[C@@H](C)Cn1cncn1. The highest BCUT2D eigenvalue weighted by atomic mass is 16.5. The van der Waals surface area contributed by atoms with Crippen molar-refractivity contribution in [1.29, 1.82) is 0 Å². The fourth-order valence-electron chi connectivity index (χ4n) is 0.883. The molecule has 1 rings (SSSR count). The Morgan fingerprint density at radius 2 is 2.50 bits per heavy atom. The van der Waals surface area contributed by atoms with Gasteiger partial charge >= 0.3 is 5.97 Å². The molecule has 0 bridgehead atoms. The zero-order valence-corrected chi connectivity index (χ0v) is 7.10. The fourth-order valence-corrected chi connectivity index (χ4v) is 0.883. The molecule has 1 aromatic rings. The smallest absolute Gasteiger partial charge is 0.310 e. The molecule has 1 aromatic heterocycles. The average molecular weight is 169 g/mol. The molecule has 5 heteroatoms. The molecule has 0 aliphatic rings. The van der Waals surface area contributed by atoms with Gasteiger partial charge < -0.3 is 4.74 Å². The van der Waals surface area contributed by atoms with E-state index in [1.807, 2.05) is 0 Å². The first-order valence-electron chi connectivity index (χ1n) is 3.64. The third-order valence-corrected chi connectivity index (χ3v) is 1.53. The van der Waals surface area contributed by atoms with Crippen molar-refractivity contribution >= 4 is 5.97 Å². The van der Waals surface area contributed by atoms with Crippen LogP contribution in [0, 0.1) is 5.92 Å². The van der Waals surface area contributed by atoms with E-state index in [0.29, 0.717) is 6.54 Å². The summed E-state index contributed by atoms with van der Waals surface area (Å²) in [5, 5.41) is 3.87. The number of aromatic nitrogens is 3. The number of carbonyl (C=O) groups excluding carboxylic acids is 1. The van der Waals surface area contributed by atoms with Gasteiger partial charge in [0.05, 0.1) is 19.6 Å². The summed E-state index contributed by atoms with van der Waals surface area (Å²) in [6, 6.07) is 0. The van der Waals surface area contributed by atoms with Crippen LogP contribution in [0.3, 0.4) is 0 Å². The molecule has 0 aromatic carbocycles. The van der Waals surface area contributed by atoms with Gasteiger partial charge in [0.25, 0.3) is 0 Å². The summed E-state index contributed by atoms with van der Waals surface area (Å²) in [5.41, 5.74) is 0. The minimum absolute atomic E-state index is 0.184. The Bertz CT molecular complexity index is 245. The van der Waals surface area contributed by atoms with Crippen LogP contribution < -0.4 is 0 Å². The lowest BCUT2D eigenvalue weighted by Crippen LogP contribution is -2.18. The van der Waals surface area contributed by atoms with Crippen molar-refractivity contribution < 1.29 is 9.53 Å². The lowest BCUT2D eigenvalue weighted by Gasteiger charge is -2.07. The zero-order valence-electron chi connectivity index (χ0n) is 7.10. The molecular weight excluding hydrogens is 158 g/mol. The standard InChI is InChI=1S/C7H11N3O2/c1-6(7(11)12-2)3-10-5-8-4-9-10/h4-6H,3H2,1-2H3/t6-/m0/s1. The zero-order chi connectivity index (χ0) is 8.97. The molecule has 1 heterocycles. The third kappa shape index (κ3) is 2.05. The van der Waals surface area contributed by atoms with E-state index in [1.165, 1.54) is 13.4 Å². The number of rotatable bonds is 3. The molecule has 66 valence electrons. The molecule has 12 heavy (non-hydrogen) atoms. The summed E-state index contributed by atoms with van der Waals surface area (Å²) in [4.78, 5) is 14.7. The number of methoxy groups -OCH3 is 1. The van der Waals surface area contributed by atoms with Crippen LogP contribution in [0.15, 0.2) is 12.7 Å². The second kappa shape index (κ2) is 3.85. The van der Waals surface area contributed by atoms with Crippen LogP contribution in [0.25, 0.3) is 0 Å². The Balaban J connectivity index is 2.47. The van der Waals surface area contributed by atoms with Gasteiger partial charge in [-0.05, 0) is 0 Å². The monoisotopic (exact) mass is 169 g/mol. The normalized spacial score (nSPS) is 12.5. The number of ether oxygens (including phenoxy) is 1. The molecule has 5 nitrogen and oxygen atoms in total. The molecule has 0 amide bonds. The highest BCUT2D eigenvalue weighted by Crippen LogP contribution is 2.00. The van der Waals surface area contributed by atoms with E-state index in [-0.39, 0.29) is 11.9 Å². The minimum Gasteiger partial charge on any atom is -0.469 e. The third-order valence-electron chi connectivity index (χ3n) is 1.53. The molecule has 1 atom stereocenters. The Kier molecular flexibility index (Phi) is 2.79. The topological polar surface area (TPSA) is 57.0 Å². The maximum atomic E-state index is 11.0. The summed E-state index contributed by atoms with van der Waals surface area (Å²) in [5.74, 6) is -0.415. The lowest BCUT2D eigenvalue weighted by molar-refractivity contribution is -0.145. The molecule has 0 saturated carbocycles. The van der Waals surface area contributed by atoms with Crippen molar-refractivity contribution in [2.45, 2.75) is 13.5 Å². The minimum atomic E-state index is -0.231. The van der Waals surface area contributed by atoms with E-state index in [2.05, 4.69) is 14.8 Å². The van der Waals surface area contributed by atoms with Crippen molar-refractivity contribution in [2.75, 3.05) is 7.11 Å². The summed E-state index contributed by atoms with van der Waals surface area (Å²) in [6.07, 6.45) is 3.00. The Labute approximate surface area is 70.4 Å². The highest BCUT2D eigenvalue weighted by Gasteiger charge is 2.13. The predicted molar refractivity (Wildman–Crippen MR) is 41.2 cm³/mol. The van der Waals surface area contributed by atoms with Crippen LogP contribution in [0.1, 0.15) is 6.92 Å². The van der Waals surface area contributed by atoms with Gasteiger partial charge in [0.1, 0.15) is 12.7 Å². The van der Waals surface area contributed by atoms with Gasteiger partial charge in [0, 0.05) is 0 Å². The number of esters is 1. The van der Waals surface area contributed by atoms with Crippen LogP contribution >= 0.6 is 0 Å². The number of hydrogen-bond acceptors (Lipinski definition) is 4. The second-order valence-corrected chi connectivity index (χ2v) is 2.54. The van der Waals surface area contributed by atoms with Gasteiger partial charge in [0.15, 0.2) is 0 Å². The van der Waals surface area contributed by atoms with E-state index in [4.69, 9.17) is 0 Å². The van der Waals surface area contributed by atoms with Crippen molar-refractivity contribution in [3.05, 3.63) is 12.7 Å². The quantitative estimate of drug-likeness (QED) is 0.601. The Hall–Kier alpha value is -1.39.